The zero-order valence-electron chi connectivity index (χ0n) is 30.4. The Morgan fingerprint density at radius 2 is 0.959 bits per heavy atom. The molecule has 2 aliphatic rings. The maximum atomic E-state index is 9.22. The number of fused-ring (bicyclic) bond motifs is 7. The van der Waals surface area contributed by atoms with Crippen LogP contribution in [0.2, 0.25) is 0 Å². The average molecular weight is 632 g/mol. The molecule has 49 heavy (non-hydrogen) atoms. The van der Waals surface area contributed by atoms with Crippen LogP contribution in [0.15, 0.2) is 152 Å². The van der Waals surface area contributed by atoms with Gasteiger partial charge in [-0.3, -0.25) is 0 Å². The predicted octanol–water partition coefficient (Wildman–Crippen LogP) is 13.1. The van der Waals surface area contributed by atoms with Gasteiger partial charge in [-0.1, -0.05) is 149 Å². The minimum Gasteiger partial charge on any atom is -0.310 e. The highest BCUT2D eigenvalue weighted by atomic mass is 15.1. The van der Waals surface area contributed by atoms with Crippen molar-refractivity contribution < 1.29 is 2.74 Å². The molecule has 1 nitrogen and oxygen atoms in total. The van der Waals surface area contributed by atoms with Crippen molar-refractivity contribution in [3.63, 3.8) is 0 Å². The first-order valence-corrected chi connectivity index (χ1v) is 17.2. The third kappa shape index (κ3) is 4.60. The van der Waals surface area contributed by atoms with E-state index in [1.807, 2.05) is 24.3 Å². The first-order valence-electron chi connectivity index (χ1n) is 18.2. The normalized spacial score (nSPS) is 16.5. The summed E-state index contributed by atoms with van der Waals surface area (Å²) in [5, 5.41) is 4.51. The van der Waals surface area contributed by atoms with Gasteiger partial charge in [0.1, 0.15) is 0 Å². The lowest BCUT2D eigenvalue weighted by molar-refractivity contribution is 0.694. The van der Waals surface area contributed by atoms with Gasteiger partial charge in [0.2, 0.25) is 0 Å². The largest absolute Gasteiger partial charge is 0.310 e. The van der Waals surface area contributed by atoms with Crippen molar-refractivity contribution >= 4 is 61.9 Å². The molecular formula is C48H39N. The fourth-order valence-electron chi connectivity index (χ4n) is 8.46. The summed E-state index contributed by atoms with van der Waals surface area (Å²) in [6.45, 7) is 9.28. The van der Waals surface area contributed by atoms with Crippen molar-refractivity contribution in [2.24, 2.45) is 0 Å². The second-order valence-electron chi connectivity index (χ2n) is 14.5. The van der Waals surface area contributed by atoms with E-state index in [0.29, 0.717) is 0 Å². The maximum Gasteiger partial charge on any atom is 0.0629 e. The van der Waals surface area contributed by atoms with Gasteiger partial charge in [0.25, 0.3) is 0 Å². The number of allylic oxidation sites excluding steroid dienone is 2. The Balaban J connectivity index is 1.07. The van der Waals surface area contributed by atoms with E-state index < -0.39 is 0 Å². The van der Waals surface area contributed by atoms with Crippen molar-refractivity contribution in [2.45, 2.75) is 38.5 Å². The fraction of sp³-hybridized carbons (Fsp3) is 0.125. The van der Waals surface area contributed by atoms with Crippen LogP contribution >= 0.6 is 0 Å². The molecular weight excluding hydrogens is 591 g/mol. The number of benzene rings is 7. The monoisotopic (exact) mass is 631 g/mol. The lowest BCUT2D eigenvalue weighted by atomic mass is 9.75. The quantitative estimate of drug-likeness (QED) is 0.135. The summed E-state index contributed by atoms with van der Waals surface area (Å²) in [6, 6.07) is 53.7. The zero-order valence-corrected chi connectivity index (χ0v) is 28.4. The molecule has 0 saturated heterocycles. The van der Waals surface area contributed by atoms with Crippen molar-refractivity contribution in [1.82, 2.24) is 0 Å². The van der Waals surface area contributed by atoms with E-state index in [1.165, 1.54) is 33.4 Å². The predicted molar refractivity (Wildman–Crippen MR) is 211 cm³/mol. The smallest absolute Gasteiger partial charge is 0.0629 e. The van der Waals surface area contributed by atoms with Crippen molar-refractivity contribution in [2.75, 3.05) is 4.90 Å². The highest BCUT2D eigenvalue weighted by Gasteiger charge is 2.49. The molecule has 2 aliphatic carbocycles. The Labute approximate surface area is 292 Å². The van der Waals surface area contributed by atoms with E-state index in [0.717, 1.165) is 49.7 Å². The van der Waals surface area contributed by atoms with Gasteiger partial charge in [0.05, 0.1) is 2.74 Å². The Bertz CT molecular complexity index is 2550. The molecule has 7 aromatic rings. The van der Waals surface area contributed by atoms with Crippen LogP contribution in [0, 0.1) is 0 Å². The maximum absolute atomic E-state index is 9.22. The number of para-hydroxylation sites is 2. The first kappa shape index (κ1) is 27.3. The van der Waals surface area contributed by atoms with Crippen LogP contribution in [0.4, 0.5) is 17.1 Å². The van der Waals surface area contributed by atoms with Gasteiger partial charge in [-0.25, -0.2) is 0 Å². The summed E-state index contributed by atoms with van der Waals surface area (Å²) in [5.41, 5.74) is 12.6. The Morgan fingerprint density at radius 3 is 1.63 bits per heavy atom. The molecule has 0 heterocycles. The molecule has 9 rings (SSSR count). The molecule has 0 aromatic heterocycles. The summed E-state index contributed by atoms with van der Waals surface area (Å²) < 4.78 is 18.4. The van der Waals surface area contributed by atoms with Crippen molar-refractivity contribution in [3.8, 4) is 0 Å². The molecule has 0 bridgehead atoms. The molecule has 0 N–H and O–H groups in total. The van der Waals surface area contributed by atoms with Gasteiger partial charge < -0.3 is 4.90 Å². The van der Waals surface area contributed by atoms with Gasteiger partial charge in [-0.05, 0) is 109 Å². The molecule has 0 spiro atoms. The number of rotatable bonds is 5. The van der Waals surface area contributed by atoms with Gasteiger partial charge in [-0.2, -0.15) is 0 Å². The summed E-state index contributed by atoms with van der Waals surface area (Å²) in [6.07, 6.45) is 0. The summed E-state index contributed by atoms with van der Waals surface area (Å²) in [4.78, 5) is 2.28. The van der Waals surface area contributed by atoms with E-state index in [4.69, 9.17) is 0 Å². The number of hydrogen-bond acceptors (Lipinski definition) is 1. The highest BCUT2D eigenvalue weighted by molar-refractivity contribution is 6.10. The Hall–Kier alpha value is -5.66. The van der Waals surface area contributed by atoms with Crippen molar-refractivity contribution in [3.05, 3.63) is 185 Å². The molecule has 0 unspecified atom stereocenters. The summed E-state index contributed by atoms with van der Waals surface area (Å²) >= 11 is 0. The summed E-state index contributed by atoms with van der Waals surface area (Å²) in [5.74, 6) is 0. The third-order valence-corrected chi connectivity index (χ3v) is 10.8. The van der Waals surface area contributed by atoms with Crippen LogP contribution in [0.5, 0.6) is 0 Å². The lowest BCUT2D eigenvalue weighted by Gasteiger charge is -2.28. The van der Waals surface area contributed by atoms with Crippen LogP contribution in [-0.4, -0.2) is 0 Å². The molecule has 0 aliphatic heterocycles. The second-order valence-corrected chi connectivity index (χ2v) is 14.5. The molecule has 0 saturated carbocycles. The zero-order chi connectivity index (χ0) is 35.1. The third-order valence-electron chi connectivity index (χ3n) is 10.8. The van der Waals surface area contributed by atoms with E-state index in [1.54, 1.807) is 0 Å². The van der Waals surface area contributed by atoms with Gasteiger partial charge in [-0.15, -0.1) is 0 Å². The number of anilines is 3. The molecule has 1 heteroatoms. The molecule has 0 amide bonds. The van der Waals surface area contributed by atoms with Gasteiger partial charge in [0.15, 0.2) is 0 Å². The van der Waals surface area contributed by atoms with Crippen LogP contribution in [-0.2, 0) is 10.8 Å². The van der Waals surface area contributed by atoms with Crippen LogP contribution in [0.25, 0.3) is 44.8 Å². The minimum atomic E-state index is -0.198. The number of nitrogens with zero attached hydrogens (tertiary/aromatic N) is 1. The standard InChI is InChI=1S/C48H39N/c1-47(2)43-18-12-11-17-41(43)45-46(47)42-27-22-33(30-44(42)48(45,3)4)20-19-32-21-26-39-34(29-32)23-24-35-31-38(25-28-40(35)39)49(36-13-7-5-8-14-36)37-15-9-6-10-16-37/h5-31H,1-4H3/b20-19+/i19D,20D. The fourth-order valence-corrected chi connectivity index (χ4v) is 8.46. The van der Waals surface area contributed by atoms with Crippen LogP contribution < -0.4 is 4.90 Å². The Kier molecular flexibility index (Phi) is 6.09. The van der Waals surface area contributed by atoms with Gasteiger partial charge >= 0.3 is 0 Å². The first-order chi connectivity index (χ1) is 24.6. The molecule has 7 aromatic carbocycles. The topological polar surface area (TPSA) is 3.24 Å². The van der Waals surface area contributed by atoms with Crippen molar-refractivity contribution in [1.29, 1.82) is 0 Å². The van der Waals surface area contributed by atoms with Gasteiger partial charge in [0, 0.05) is 27.9 Å². The molecule has 0 atom stereocenters. The summed E-state index contributed by atoms with van der Waals surface area (Å²) in [7, 11) is 0. The van der Waals surface area contributed by atoms with Crippen LogP contribution in [0.1, 0.15) is 63.8 Å². The number of hydrogen-bond donors (Lipinski definition) is 0. The molecule has 0 fully saturated rings. The SMILES string of the molecule is [2H]/C(=C(/[2H])c1ccc2c(ccc3cc(N(c4ccccc4)c4ccccc4)ccc32)c1)c1ccc2c(c1)C(C)(C)C1=C2C(C)(C)c2ccccc21. The molecule has 236 valence electrons. The lowest BCUT2D eigenvalue weighted by Crippen LogP contribution is -2.19. The van der Waals surface area contributed by atoms with Crippen LogP contribution in [0.3, 0.4) is 0 Å². The minimum absolute atomic E-state index is 0.0871. The average Bonchev–Trinajstić information content (AvgIpc) is 3.56. The van der Waals surface area contributed by atoms with E-state index in [-0.39, 0.29) is 22.9 Å². The van der Waals surface area contributed by atoms with E-state index in [9.17, 15) is 2.74 Å². The second kappa shape index (κ2) is 10.9. The van der Waals surface area contributed by atoms with E-state index >= 15 is 0 Å². The highest BCUT2D eigenvalue weighted by Crippen LogP contribution is 2.62. The molecule has 0 radical (unpaired) electrons. The van der Waals surface area contributed by atoms with E-state index in [2.05, 4.69) is 160 Å². The Morgan fingerprint density at radius 1 is 0.449 bits per heavy atom.